The summed E-state index contributed by atoms with van der Waals surface area (Å²) in [5, 5.41) is 10.9. The number of hydrogen-bond donors (Lipinski definition) is 1. The number of nitrogens with zero attached hydrogens (tertiary/aromatic N) is 3. The number of halogens is 1. The number of rotatable bonds is 1. The van der Waals surface area contributed by atoms with Gasteiger partial charge >= 0.3 is 5.16 Å². The van der Waals surface area contributed by atoms with Crippen molar-refractivity contribution in [3.63, 3.8) is 0 Å². The number of aromatic nitrogens is 4. The van der Waals surface area contributed by atoms with Gasteiger partial charge in [-0.3, -0.25) is 4.98 Å². The minimum absolute atomic E-state index is 0.511. The van der Waals surface area contributed by atoms with Crippen molar-refractivity contribution in [3.8, 4) is 0 Å². The van der Waals surface area contributed by atoms with Gasteiger partial charge in [0.25, 0.3) is 5.65 Å². The van der Waals surface area contributed by atoms with Gasteiger partial charge in [0.1, 0.15) is 11.6 Å². The Morgan fingerprint density at radius 1 is 1.39 bits per heavy atom. The predicted molar refractivity (Wildman–Crippen MR) is 80.2 cm³/mol. The maximum Gasteiger partial charge on any atom is 0.324 e. The fourth-order valence-electron chi connectivity index (χ4n) is 2.42. The zero-order valence-electron chi connectivity index (χ0n) is 9.43. The van der Waals surface area contributed by atoms with E-state index in [1.807, 2.05) is 12.1 Å². The average molecular weight is 369 g/mol. The second kappa shape index (κ2) is 4.06. The Balaban J connectivity index is 2.14. The molecule has 1 aliphatic rings. The van der Waals surface area contributed by atoms with Crippen LogP contribution in [0.4, 0.5) is 0 Å². The Labute approximate surface area is 121 Å². The van der Waals surface area contributed by atoms with Crippen molar-refractivity contribution in [1.82, 2.24) is 15.2 Å². The van der Waals surface area contributed by atoms with Gasteiger partial charge in [0.15, 0.2) is 5.52 Å². The summed E-state index contributed by atoms with van der Waals surface area (Å²) in [6, 6.07) is 8.78. The topological polar surface area (TPSA) is 45.5 Å². The zero-order valence-corrected chi connectivity index (χ0v) is 12.4. The lowest BCUT2D eigenvalue weighted by atomic mass is 10.2. The van der Waals surface area contributed by atoms with E-state index in [9.17, 15) is 0 Å². The van der Waals surface area contributed by atoms with Crippen molar-refractivity contribution in [2.45, 2.75) is 11.2 Å². The number of hydrogen-bond acceptors (Lipinski definition) is 3. The largest absolute Gasteiger partial charge is 0.324 e. The molecule has 1 atom stereocenters. The molecule has 4 rings (SSSR count). The Kier molecular flexibility index (Phi) is 2.47. The molecule has 3 heterocycles. The summed E-state index contributed by atoms with van der Waals surface area (Å²) in [5.74, 6) is 1.09. The quantitative estimate of drug-likeness (QED) is 0.407. The zero-order chi connectivity index (χ0) is 12.1. The number of para-hydroxylation sites is 1. The second-order valence-electron chi connectivity index (χ2n) is 4.34. The molecule has 1 unspecified atom stereocenters. The van der Waals surface area contributed by atoms with Gasteiger partial charge in [-0.05, 0) is 23.9 Å². The first-order valence-electron chi connectivity index (χ1n) is 5.76. The Morgan fingerprint density at radius 3 is 3.17 bits per heavy atom. The molecule has 90 valence electrons. The van der Waals surface area contributed by atoms with Gasteiger partial charge in [0.2, 0.25) is 0 Å². The van der Waals surface area contributed by atoms with Gasteiger partial charge in [-0.25, -0.2) is 4.57 Å². The second-order valence-corrected chi connectivity index (χ2v) is 6.21. The van der Waals surface area contributed by atoms with E-state index in [1.54, 1.807) is 11.8 Å². The third-order valence-electron chi connectivity index (χ3n) is 3.29. The predicted octanol–water partition coefficient (Wildman–Crippen LogP) is 2.48. The Morgan fingerprint density at radius 2 is 2.28 bits per heavy atom. The van der Waals surface area contributed by atoms with Crippen LogP contribution in [0, 0.1) is 0 Å². The van der Waals surface area contributed by atoms with Crippen LogP contribution in [0.15, 0.2) is 29.4 Å². The van der Waals surface area contributed by atoms with Crippen LogP contribution in [-0.4, -0.2) is 25.4 Å². The van der Waals surface area contributed by atoms with E-state index in [1.165, 1.54) is 0 Å². The molecular weight excluding hydrogens is 359 g/mol. The lowest BCUT2D eigenvalue weighted by Crippen LogP contribution is -2.41. The number of fused-ring (bicyclic) bond motifs is 5. The minimum atomic E-state index is 0.511. The lowest BCUT2D eigenvalue weighted by Gasteiger charge is -2.04. The third-order valence-corrected chi connectivity index (χ3v) is 5.39. The minimum Gasteiger partial charge on any atom is -0.271 e. The molecule has 1 aliphatic heterocycles. The van der Waals surface area contributed by atoms with E-state index in [-0.39, 0.29) is 0 Å². The summed E-state index contributed by atoms with van der Waals surface area (Å²) in [6.45, 7) is 0. The summed E-state index contributed by atoms with van der Waals surface area (Å²) in [5.41, 5.74) is 3.21. The molecule has 4 nitrogen and oxygen atoms in total. The highest BCUT2D eigenvalue weighted by atomic mass is 127. The molecular formula is C12H10IN4S+. The van der Waals surface area contributed by atoms with Gasteiger partial charge in [0, 0.05) is 20.7 Å². The van der Waals surface area contributed by atoms with Crippen LogP contribution >= 0.6 is 34.4 Å². The highest BCUT2D eigenvalue weighted by Crippen LogP contribution is 2.29. The van der Waals surface area contributed by atoms with Crippen LogP contribution in [0.5, 0.6) is 0 Å². The summed E-state index contributed by atoms with van der Waals surface area (Å²) in [7, 11) is 0. The molecule has 0 saturated carbocycles. The van der Waals surface area contributed by atoms with Gasteiger partial charge < -0.3 is 0 Å². The highest BCUT2D eigenvalue weighted by molar-refractivity contribution is 14.1. The van der Waals surface area contributed by atoms with E-state index in [0.717, 1.165) is 37.4 Å². The Bertz CT molecular complexity index is 754. The summed E-state index contributed by atoms with van der Waals surface area (Å²) >= 11 is 4.23. The van der Waals surface area contributed by atoms with Gasteiger partial charge in [-0.2, -0.15) is 0 Å². The molecule has 0 radical (unpaired) electrons. The van der Waals surface area contributed by atoms with E-state index >= 15 is 0 Å². The number of alkyl halides is 1. The summed E-state index contributed by atoms with van der Waals surface area (Å²) in [6.07, 6.45) is 0. The number of benzene rings is 1. The molecule has 0 aliphatic carbocycles. The van der Waals surface area contributed by atoms with E-state index < -0.39 is 0 Å². The maximum absolute atomic E-state index is 4.38. The molecule has 0 amide bonds. The molecule has 1 aromatic carbocycles. The smallest absolute Gasteiger partial charge is 0.271 e. The molecule has 0 bridgehead atoms. The molecule has 3 aromatic rings. The molecule has 18 heavy (non-hydrogen) atoms. The first kappa shape index (κ1) is 11.0. The van der Waals surface area contributed by atoms with Crippen LogP contribution < -0.4 is 4.57 Å². The van der Waals surface area contributed by atoms with Crippen molar-refractivity contribution in [2.75, 3.05) is 10.2 Å². The third kappa shape index (κ3) is 1.41. The van der Waals surface area contributed by atoms with Crippen LogP contribution in [-0.2, 0) is 0 Å². The number of H-pyrrole nitrogens is 1. The molecule has 0 saturated heterocycles. The van der Waals surface area contributed by atoms with E-state index in [0.29, 0.717) is 6.04 Å². The summed E-state index contributed by atoms with van der Waals surface area (Å²) in [4.78, 5) is 3.49. The van der Waals surface area contributed by atoms with Gasteiger partial charge in [-0.15, -0.1) is 0 Å². The highest BCUT2D eigenvalue weighted by Gasteiger charge is 2.32. The van der Waals surface area contributed by atoms with E-state index in [4.69, 9.17) is 0 Å². The maximum atomic E-state index is 4.38. The molecule has 0 spiro atoms. The molecule has 2 aromatic heterocycles. The lowest BCUT2D eigenvalue weighted by molar-refractivity contribution is -0.724. The first-order valence-corrected chi connectivity index (χ1v) is 8.27. The van der Waals surface area contributed by atoms with Crippen LogP contribution in [0.2, 0.25) is 0 Å². The van der Waals surface area contributed by atoms with Crippen molar-refractivity contribution >= 4 is 56.4 Å². The van der Waals surface area contributed by atoms with Crippen molar-refractivity contribution in [3.05, 3.63) is 24.3 Å². The van der Waals surface area contributed by atoms with Crippen molar-refractivity contribution in [1.29, 1.82) is 0 Å². The van der Waals surface area contributed by atoms with Gasteiger partial charge in [-0.1, -0.05) is 39.8 Å². The number of aromatic amines is 1. The van der Waals surface area contributed by atoms with Crippen LogP contribution in [0.25, 0.3) is 22.1 Å². The summed E-state index contributed by atoms with van der Waals surface area (Å²) < 4.78 is 3.40. The Hall–Kier alpha value is -0.890. The standard InChI is InChI=1S/C12H9IN4S/c13-5-7-6-18-12-16-15-10-8-3-1-2-4-9(8)14-11(10)17(7)12/h1-4,7H,5-6H2/p+1. The monoisotopic (exact) mass is 369 g/mol. The first-order chi connectivity index (χ1) is 8.88. The van der Waals surface area contributed by atoms with Gasteiger partial charge in [0.05, 0.1) is 0 Å². The molecule has 6 heteroatoms. The molecule has 0 fully saturated rings. The normalized spacial score (nSPS) is 18.6. The van der Waals surface area contributed by atoms with Crippen molar-refractivity contribution < 1.29 is 4.57 Å². The number of thioether (sulfide) groups is 1. The van der Waals surface area contributed by atoms with Crippen LogP contribution in [0.3, 0.4) is 0 Å². The van der Waals surface area contributed by atoms with E-state index in [2.05, 4.69) is 54.5 Å². The SMILES string of the molecule is ICC1CSc2nnc3c4ccccc4[nH]c3[n+]21. The van der Waals surface area contributed by atoms with Crippen LogP contribution in [0.1, 0.15) is 6.04 Å². The molecule has 1 N–H and O–H groups in total. The average Bonchev–Trinajstić information content (AvgIpc) is 2.98. The fourth-order valence-corrected chi connectivity index (χ4v) is 4.64. The fraction of sp³-hybridized carbons (Fsp3) is 0.250. The number of nitrogens with one attached hydrogen (secondary N) is 1. The van der Waals surface area contributed by atoms with Crippen molar-refractivity contribution in [2.24, 2.45) is 0 Å².